The second-order valence-electron chi connectivity index (χ2n) is 5.31. The molecule has 5 nitrogen and oxygen atoms in total. The average molecular weight is 282 g/mol. The van der Waals surface area contributed by atoms with Crippen LogP contribution in [0, 0.1) is 6.92 Å². The molecule has 1 aromatic heterocycles. The van der Waals surface area contributed by atoms with Gasteiger partial charge in [-0.05, 0) is 26.2 Å². The van der Waals surface area contributed by atoms with Crippen molar-refractivity contribution < 1.29 is 14.6 Å². The summed E-state index contributed by atoms with van der Waals surface area (Å²) in [4.78, 5) is 19.1. The molecule has 3 rings (SSSR count). The van der Waals surface area contributed by atoms with E-state index in [-0.39, 0.29) is 5.91 Å². The molecule has 6 heteroatoms. The fourth-order valence-corrected chi connectivity index (χ4v) is 3.75. The molecule has 2 saturated heterocycles. The van der Waals surface area contributed by atoms with Gasteiger partial charge in [-0.25, -0.2) is 4.98 Å². The van der Waals surface area contributed by atoms with Gasteiger partial charge in [-0.2, -0.15) is 0 Å². The minimum absolute atomic E-state index is 0.0155. The molecule has 1 aromatic rings. The van der Waals surface area contributed by atoms with Gasteiger partial charge in [0.1, 0.15) is 10.5 Å². The van der Waals surface area contributed by atoms with Gasteiger partial charge in [0, 0.05) is 13.2 Å². The van der Waals surface area contributed by atoms with Crippen molar-refractivity contribution in [2.75, 3.05) is 19.7 Å². The molecule has 3 heterocycles. The van der Waals surface area contributed by atoms with Gasteiger partial charge in [-0.3, -0.25) is 4.79 Å². The number of hydrogen-bond acceptors (Lipinski definition) is 5. The summed E-state index contributed by atoms with van der Waals surface area (Å²) in [7, 11) is 0. The number of aromatic nitrogens is 1. The van der Waals surface area contributed by atoms with Gasteiger partial charge in [0.25, 0.3) is 5.91 Å². The Morgan fingerprint density at radius 1 is 1.68 bits per heavy atom. The van der Waals surface area contributed by atoms with Crippen LogP contribution in [0.4, 0.5) is 0 Å². The first-order valence-corrected chi connectivity index (χ1v) is 7.52. The van der Waals surface area contributed by atoms with E-state index >= 15 is 0 Å². The van der Waals surface area contributed by atoms with Gasteiger partial charge in [-0.15, -0.1) is 11.3 Å². The molecule has 1 amide bonds. The first kappa shape index (κ1) is 13.0. The first-order valence-electron chi connectivity index (χ1n) is 6.64. The van der Waals surface area contributed by atoms with Gasteiger partial charge in [0.2, 0.25) is 0 Å². The molecule has 0 bridgehead atoms. The molecule has 2 atom stereocenters. The van der Waals surface area contributed by atoms with Crippen LogP contribution in [0.15, 0.2) is 5.51 Å². The monoisotopic (exact) mass is 282 g/mol. The third kappa shape index (κ3) is 2.17. The van der Waals surface area contributed by atoms with Crippen LogP contribution >= 0.6 is 11.3 Å². The summed E-state index contributed by atoms with van der Waals surface area (Å²) in [5.41, 5.74) is 1.94. The summed E-state index contributed by atoms with van der Waals surface area (Å²) < 4.78 is 5.77. The second kappa shape index (κ2) is 4.85. The van der Waals surface area contributed by atoms with E-state index in [0.29, 0.717) is 31.0 Å². The van der Waals surface area contributed by atoms with Crippen molar-refractivity contribution in [3.8, 4) is 0 Å². The maximum atomic E-state index is 12.5. The van der Waals surface area contributed by atoms with E-state index in [1.165, 1.54) is 11.3 Å². The molecule has 0 radical (unpaired) electrons. The maximum Gasteiger partial charge on any atom is 0.265 e. The van der Waals surface area contributed by atoms with Crippen LogP contribution in [-0.4, -0.2) is 52.3 Å². The Hall–Kier alpha value is -0.980. The number of nitrogens with zero attached hydrogens (tertiary/aromatic N) is 2. The van der Waals surface area contributed by atoms with E-state index < -0.39 is 11.7 Å². The highest BCUT2D eigenvalue weighted by Gasteiger charge is 2.47. The van der Waals surface area contributed by atoms with Crippen molar-refractivity contribution in [1.29, 1.82) is 0 Å². The zero-order chi connectivity index (χ0) is 13.5. The molecule has 2 fully saturated rings. The zero-order valence-corrected chi connectivity index (χ0v) is 11.8. The van der Waals surface area contributed by atoms with Crippen molar-refractivity contribution in [1.82, 2.24) is 9.88 Å². The van der Waals surface area contributed by atoms with Crippen LogP contribution in [0.1, 0.15) is 34.6 Å². The lowest BCUT2D eigenvalue weighted by Crippen LogP contribution is -2.57. The Morgan fingerprint density at radius 2 is 2.53 bits per heavy atom. The van der Waals surface area contributed by atoms with Crippen LogP contribution in [0.3, 0.4) is 0 Å². The summed E-state index contributed by atoms with van der Waals surface area (Å²) in [6, 6.07) is 0. The third-order valence-corrected chi connectivity index (χ3v) is 5.02. The van der Waals surface area contributed by atoms with Gasteiger partial charge in [0.15, 0.2) is 0 Å². The largest absolute Gasteiger partial charge is 0.390 e. The highest BCUT2D eigenvalue weighted by Crippen LogP contribution is 2.35. The number of rotatable bonds is 1. The number of likely N-dealkylation sites (tertiary alicyclic amines) is 1. The SMILES string of the molecule is Cc1ncsc1C(=O)N1CC[C@H](O)[C@]2(CCCO2)C1. The quantitative estimate of drug-likeness (QED) is 0.841. The summed E-state index contributed by atoms with van der Waals surface area (Å²) in [5.74, 6) is 0.0155. The summed E-state index contributed by atoms with van der Waals surface area (Å²) in [6.45, 7) is 3.61. The van der Waals surface area contributed by atoms with Gasteiger partial charge in [-0.1, -0.05) is 0 Å². The predicted octanol–water partition coefficient (Wildman–Crippen LogP) is 1.21. The molecule has 104 valence electrons. The number of hydrogen-bond donors (Lipinski definition) is 1. The summed E-state index contributed by atoms with van der Waals surface area (Å²) in [5, 5.41) is 10.2. The van der Waals surface area contributed by atoms with Crippen LogP contribution in [0.25, 0.3) is 0 Å². The fourth-order valence-electron chi connectivity index (χ4n) is 2.98. The number of aliphatic hydroxyl groups is 1. The average Bonchev–Trinajstić information content (AvgIpc) is 3.02. The topological polar surface area (TPSA) is 62.7 Å². The van der Waals surface area contributed by atoms with Crippen LogP contribution < -0.4 is 0 Å². The van der Waals surface area contributed by atoms with E-state index in [0.717, 1.165) is 18.5 Å². The lowest BCUT2D eigenvalue weighted by molar-refractivity contribution is -0.124. The molecule has 0 aromatic carbocycles. The molecule has 1 spiro atoms. The maximum absolute atomic E-state index is 12.5. The molecular weight excluding hydrogens is 264 g/mol. The van der Waals surface area contributed by atoms with Gasteiger partial charge in [0.05, 0.1) is 23.9 Å². The molecule has 1 N–H and O–H groups in total. The number of thiazole rings is 1. The highest BCUT2D eigenvalue weighted by molar-refractivity contribution is 7.11. The molecule has 0 unspecified atom stereocenters. The highest BCUT2D eigenvalue weighted by atomic mass is 32.1. The Morgan fingerprint density at radius 3 is 3.16 bits per heavy atom. The minimum Gasteiger partial charge on any atom is -0.390 e. The smallest absolute Gasteiger partial charge is 0.265 e. The summed E-state index contributed by atoms with van der Waals surface area (Å²) >= 11 is 1.38. The standard InChI is InChI=1S/C13H18N2O3S/c1-9-11(19-8-14-9)12(17)15-5-3-10(16)13(7-15)4-2-6-18-13/h8,10,16H,2-7H2,1H3/t10-,13-/m0/s1. The minimum atomic E-state index is -0.535. The number of aliphatic hydroxyl groups excluding tert-OH is 1. The van der Waals surface area contributed by atoms with Crippen molar-refractivity contribution in [3.05, 3.63) is 16.1 Å². The molecule has 0 aliphatic carbocycles. The molecule has 2 aliphatic heterocycles. The predicted molar refractivity (Wildman–Crippen MR) is 71.3 cm³/mol. The van der Waals surface area contributed by atoms with E-state index in [1.807, 2.05) is 6.92 Å². The molecule has 2 aliphatic rings. The van der Waals surface area contributed by atoms with Crippen LogP contribution in [0.5, 0.6) is 0 Å². The Kier molecular flexibility index (Phi) is 3.32. The summed E-state index contributed by atoms with van der Waals surface area (Å²) in [6.07, 6.45) is 1.92. The van der Waals surface area contributed by atoms with Crippen molar-refractivity contribution >= 4 is 17.2 Å². The van der Waals surface area contributed by atoms with Crippen LogP contribution in [0.2, 0.25) is 0 Å². The van der Waals surface area contributed by atoms with Crippen molar-refractivity contribution in [3.63, 3.8) is 0 Å². The number of aryl methyl sites for hydroxylation is 1. The van der Waals surface area contributed by atoms with Crippen molar-refractivity contribution in [2.45, 2.75) is 37.9 Å². The van der Waals surface area contributed by atoms with E-state index in [9.17, 15) is 9.90 Å². The lowest BCUT2D eigenvalue weighted by atomic mass is 9.87. The first-order chi connectivity index (χ1) is 9.12. The van der Waals surface area contributed by atoms with Gasteiger partial charge < -0.3 is 14.7 Å². The number of piperidine rings is 1. The Balaban J connectivity index is 1.79. The number of ether oxygens (including phenoxy) is 1. The fraction of sp³-hybridized carbons (Fsp3) is 0.692. The van der Waals surface area contributed by atoms with E-state index in [2.05, 4.69) is 4.98 Å². The Bertz CT molecular complexity index is 482. The van der Waals surface area contributed by atoms with E-state index in [1.54, 1.807) is 10.4 Å². The number of carbonyl (C=O) groups is 1. The third-order valence-electron chi connectivity index (χ3n) is 4.10. The normalized spacial score (nSPS) is 31.1. The molecule has 0 saturated carbocycles. The van der Waals surface area contributed by atoms with Gasteiger partial charge >= 0.3 is 0 Å². The number of carbonyl (C=O) groups excluding carboxylic acids is 1. The molecular formula is C13H18N2O3S. The van der Waals surface area contributed by atoms with E-state index in [4.69, 9.17) is 4.74 Å². The lowest BCUT2D eigenvalue weighted by Gasteiger charge is -2.43. The van der Waals surface area contributed by atoms with Crippen molar-refractivity contribution in [2.24, 2.45) is 0 Å². The molecule has 19 heavy (non-hydrogen) atoms. The zero-order valence-electron chi connectivity index (χ0n) is 11.0. The van der Waals surface area contributed by atoms with Crippen LogP contribution in [-0.2, 0) is 4.74 Å². The Labute approximate surface area is 116 Å². The number of amides is 1. The second-order valence-corrected chi connectivity index (χ2v) is 6.17.